The second-order valence-electron chi connectivity index (χ2n) is 9.02. The topological polar surface area (TPSA) is 83.4 Å². The number of hydrogen-bond acceptors (Lipinski definition) is 4. The molecule has 0 atom stereocenters. The quantitative estimate of drug-likeness (QED) is 0.494. The van der Waals surface area contributed by atoms with Crippen molar-refractivity contribution in [2.24, 2.45) is 13.0 Å². The summed E-state index contributed by atoms with van der Waals surface area (Å²) in [7, 11) is 1.66. The highest BCUT2D eigenvalue weighted by Crippen LogP contribution is 2.24. The third kappa shape index (κ3) is 5.50. The molecular formula is C25H33FN4O3. The van der Waals surface area contributed by atoms with E-state index in [1.807, 2.05) is 0 Å². The van der Waals surface area contributed by atoms with Crippen LogP contribution in [0.2, 0.25) is 0 Å². The molecule has 1 aliphatic heterocycles. The lowest BCUT2D eigenvalue weighted by molar-refractivity contribution is -0.117. The molecule has 2 heterocycles. The Bertz CT molecular complexity index is 1070. The van der Waals surface area contributed by atoms with Gasteiger partial charge in [-0.25, -0.2) is 4.39 Å². The molecule has 1 fully saturated rings. The molecule has 1 aromatic carbocycles. The molecule has 2 N–H and O–H groups in total. The van der Waals surface area contributed by atoms with Gasteiger partial charge in [0.25, 0.3) is 17.6 Å². The summed E-state index contributed by atoms with van der Waals surface area (Å²) in [5.74, 6) is -1.37. The molecule has 178 valence electrons. The van der Waals surface area contributed by atoms with E-state index in [1.165, 1.54) is 12.1 Å². The smallest absolute Gasteiger partial charge is 0.294 e. The molecule has 1 saturated heterocycles. The number of benzene rings is 1. The van der Waals surface area contributed by atoms with Gasteiger partial charge in [-0.1, -0.05) is 6.92 Å². The van der Waals surface area contributed by atoms with Crippen molar-refractivity contribution in [1.29, 1.82) is 0 Å². The van der Waals surface area contributed by atoms with Crippen LogP contribution >= 0.6 is 0 Å². The first-order chi connectivity index (χ1) is 15.6. The van der Waals surface area contributed by atoms with Gasteiger partial charge in [0.05, 0.1) is 11.3 Å². The maximum atomic E-state index is 13.5. The Kier molecular flexibility index (Phi) is 7.68. The van der Waals surface area contributed by atoms with Crippen molar-refractivity contribution in [2.45, 2.75) is 40.5 Å². The standard InChI is InChI=1S/C25H33FN4O3/c1-15-8-11-30(12-9-15)13-10-27-25(33)23(31)22-17(3)21(18(4)29(22)5)24(32)28-19-6-7-20(26)16(2)14-19/h6-7,14-15H,8-13H2,1-5H3,(H,27,33)(H,28,32). The molecule has 2 amide bonds. The number of Topliss-reactive ketones (excluding diaryl/α,β-unsaturated/α-hetero) is 1. The van der Waals surface area contributed by atoms with E-state index in [-0.39, 0.29) is 11.5 Å². The van der Waals surface area contributed by atoms with Gasteiger partial charge in [-0.3, -0.25) is 14.4 Å². The molecule has 3 rings (SSSR count). The molecule has 0 saturated carbocycles. The maximum absolute atomic E-state index is 13.5. The van der Waals surface area contributed by atoms with Crippen molar-refractivity contribution in [3.8, 4) is 0 Å². The van der Waals surface area contributed by atoms with Crippen LogP contribution in [-0.4, -0.2) is 53.2 Å². The van der Waals surface area contributed by atoms with Crippen molar-refractivity contribution in [3.05, 3.63) is 52.1 Å². The number of piperidine rings is 1. The predicted octanol–water partition coefficient (Wildman–Crippen LogP) is 3.37. The van der Waals surface area contributed by atoms with Crippen LogP contribution in [0.25, 0.3) is 0 Å². The van der Waals surface area contributed by atoms with Gasteiger partial charge in [0.1, 0.15) is 5.82 Å². The summed E-state index contributed by atoms with van der Waals surface area (Å²) >= 11 is 0. The molecule has 0 unspecified atom stereocenters. The zero-order valence-corrected chi connectivity index (χ0v) is 20.0. The van der Waals surface area contributed by atoms with Gasteiger partial charge in [-0.05, 0) is 81.9 Å². The van der Waals surface area contributed by atoms with Crippen molar-refractivity contribution in [1.82, 2.24) is 14.8 Å². The third-order valence-electron chi connectivity index (χ3n) is 6.58. The first kappa shape index (κ1) is 24.6. The van der Waals surface area contributed by atoms with E-state index < -0.39 is 17.6 Å². The summed E-state index contributed by atoms with van der Waals surface area (Å²) in [4.78, 5) is 40.7. The number of amides is 2. The molecule has 8 heteroatoms. The van der Waals surface area contributed by atoms with E-state index in [2.05, 4.69) is 22.5 Å². The van der Waals surface area contributed by atoms with Crippen molar-refractivity contribution < 1.29 is 18.8 Å². The van der Waals surface area contributed by atoms with Crippen LogP contribution < -0.4 is 10.6 Å². The summed E-state index contributed by atoms with van der Waals surface area (Å²) in [6.45, 7) is 10.4. The summed E-state index contributed by atoms with van der Waals surface area (Å²) in [5.41, 5.74) is 2.41. The number of halogens is 1. The maximum Gasteiger partial charge on any atom is 0.294 e. The highest BCUT2D eigenvalue weighted by Gasteiger charge is 2.28. The van der Waals surface area contributed by atoms with Crippen LogP contribution in [0.4, 0.5) is 10.1 Å². The lowest BCUT2D eigenvalue weighted by atomic mass is 9.99. The Hall–Kier alpha value is -3.00. The molecule has 0 radical (unpaired) electrons. The Morgan fingerprint density at radius 1 is 1.12 bits per heavy atom. The lowest BCUT2D eigenvalue weighted by Crippen LogP contribution is -2.41. The molecule has 7 nitrogen and oxygen atoms in total. The monoisotopic (exact) mass is 456 g/mol. The average Bonchev–Trinajstić information content (AvgIpc) is 2.99. The first-order valence-corrected chi connectivity index (χ1v) is 11.4. The number of likely N-dealkylation sites (tertiary alicyclic amines) is 1. The number of carbonyl (C=O) groups excluding carboxylic acids is 3. The lowest BCUT2D eigenvalue weighted by Gasteiger charge is -2.30. The summed E-state index contributed by atoms with van der Waals surface area (Å²) in [6.07, 6.45) is 2.30. The number of aryl methyl sites for hydroxylation is 1. The van der Waals surface area contributed by atoms with Gasteiger partial charge >= 0.3 is 0 Å². The fourth-order valence-corrected chi connectivity index (χ4v) is 4.35. The van der Waals surface area contributed by atoms with E-state index in [0.29, 0.717) is 41.2 Å². The molecule has 33 heavy (non-hydrogen) atoms. The SMILES string of the molecule is Cc1cc(NC(=O)c2c(C)c(C(=O)C(=O)NCCN3CCC(C)CC3)n(C)c2C)ccc1F. The second kappa shape index (κ2) is 10.3. The van der Waals surface area contributed by atoms with E-state index in [4.69, 9.17) is 0 Å². The third-order valence-corrected chi connectivity index (χ3v) is 6.58. The Labute approximate surface area is 194 Å². The van der Waals surface area contributed by atoms with Crippen LogP contribution in [0.15, 0.2) is 18.2 Å². The van der Waals surface area contributed by atoms with Crippen LogP contribution in [0.3, 0.4) is 0 Å². The minimum absolute atomic E-state index is 0.192. The predicted molar refractivity (Wildman–Crippen MR) is 126 cm³/mol. The van der Waals surface area contributed by atoms with Crippen molar-refractivity contribution in [2.75, 3.05) is 31.5 Å². The molecule has 1 aromatic heterocycles. The van der Waals surface area contributed by atoms with Gasteiger partial charge in [0, 0.05) is 31.5 Å². The number of hydrogen-bond donors (Lipinski definition) is 2. The first-order valence-electron chi connectivity index (χ1n) is 11.4. The zero-order valence-electron chi connectivity index (χ0n) is 20.0. The van der Waals surface area contributed by atoms with Gasteiger partial charge in [-0.2, -0.15) is 0 Å². The van der Waals surface area contributed by atoms with Crippen LogP contribution in [0, 0.1) is 32.5 Å². The van der Waals surface area contributed by atoms with Crippen molar-refractivity contribution in [3.63, 3.8) is 0 Å². The van der Waals surface area contributed by atoms with Crippen LogP contribution in [-0.2, 0) is 11.8 Å². The number of carbonyl (C=O) groups is 3. The Morgan fingerprint density at radius 2 is 1.79 bits per heavy atom. The van der Waals surface area contributed by atoms with E-state index in [1.54, 1.807) is 38.5 Å². The Morgan fingerprint density at radius 3 is 2.42 bits per heavy atom. The largest absolute Gasteiger partial charge is 0.348 e. The van der Waals surface area contributed by atoms with Gasteiger partial charge < -0.3 is 20.1 Å². The van der Waals surface area contributed by atoms with Crippen LogP contribution in [0.1, 0.15) is 57.4 Å². The van der Waals surface area contributed by atoms with Gasteiger partial charge in [-0.15, -0.1) is 0 Å². The van der Waals surface area contributed by atoms with Gasteiger partial charge in [0.15, 0.2) is 0 Å². The number of rotatable bonds is 7. The number of aromatic nitrogens is 1. The molecule has 2 aromatic rings. The van der Waals surface area contributed by atoms with Crippen molar-refractivity contribution >= 4 is 23.3 Å². The number of nitrogens with zero attached hydrogens (tertiary/aromatic N) is 2. The molecule has 1 aliphatic rings. The highest BCUT2D eigenvalue weighted by atomic mass is 19.1. The van der Waals surface area contributed by atoms with E-state index in [0.717, 1.165) is 31.8 Å². The fourth-order valence-electron chi connectivity index (χ4n) is 4.35. The fraction of sp³-hybridized carbons (Fsp3) is 0.480. The number of anilines is 1. The molecular weight excluding hydrogens is 423 g/mol. The van der Waals surface area contributed by atoms with Crippen LogP contribution in [0.5, 0.6) is 0 Å². The second-order valence-corrected chi connectivity index (χ2v) is 9.02. The van der Waals surface area contributed by atoms with Gasteiger partial charge in [0.2, 0.25) is 0 Å². The highest BCUT2D eigenvalue weighted by molar-refractivity contribution is 6.43. The number of nitrogens with one attached hydrogen (secondary N) is 2. The number of ketones is 1. The van der Waals surface area contributed by atoms with E-state index >= 15 is 0 Å². The average molecular weight is 457 g/mol. The molecule has 0 spiro atoms. The zero-order chi connectivity index (χ0) is 24.3. The molecule has 0 bridgehead atoms. The summed E-state index contributed by atoms with van der Waals surface area (Å²) in [5, 5.41) is 5.48. The summed E-state index contributed by atoms with van der Waals surface area (Å²) < 4.78 is 15.1. The Balaban J connectivity index is 1.68. The summed E-state index contributed by atoms with van der Waals surface area (Å²) in [6, 6.07) is 4.32. The normalized spacial score (nSPS) is 14.8. The minimum atomic E-state index is -0.676. The molecule has 0 aliphatic carbocycles. The van der Waals surface area contributed by atoms with E-state index in [9.17, 15) is 18.8 Å². The minimum Gasteiger partial charge on any atom is -0.348 e.